The Labute approximate surface area is 112 Å². The van der Waals surface area contributed by atoms with Crippen LogP contribution in [-0.4, -0.2) is 28.2 Å². The Kier molecular flexibility index (Phi) is 4.69. The highest BCUT2D eigenvalue weighted by atomic mass is 16.3. The van der Waals surface area contributed by atoms with Crippen LogP contribution in [0.5, 0.6) is 5.75 Å². The van der Waals surface area contributed by atoms with E-state index in [1.807, 2.05) is 12.1 Å². The van der Waals surface area contributed by atoms with Crippen molar-refractivity contribution in [2.45, 2.75) is 12.8 Å². The number of hydrogen-bond acceptors (Lipinski definition) is 5. The molecular formula is C14H18N4O. The number of phenols is 1. The minimum absolute atomic E-state index is 0.276. The van der Waals surface area contributed by atoms with E-state index in [2.05, 4.69) is 15.3 Å². The Morgan fingerprint density at radius 2 is 1.95 bits per heavy atom. The van der Waals surface area contributed by atoms with E-state index in [1.54, 1.807) is 24.5 Å². The van der Waals surface area contributed by atoms with E-state index in [4.69, 9.17) is 5.73 Å². The average Bonchev–Trinajstić information content (AvgIpc) is 2.41. The standard InChI is InChI=1S/C14H18N4O/c15-5-2-6-16-14-17-9-12(10-18-14)7-11-3-1-4-13(19)8-11/h1,3-4,8-10,19H,2,5-7,15H2,(H,16,17,18). The van der Waals surface area contributed by atoms with Gasteiger partial charge in [0.1, 0.15) is 5.75 Å². The summed E-state index contributed by atoms with van der Waals surface area (Å²) in [6, 6.07) is 7.19. The minimum Gasteiger partial charge on any atom is -0.508 e. The number of phenolic OH excluding ortho intramolecular Hbond substituents is 1. The summed E-state index contributed by atoms with van der Waals surface area (Å²) in [7, 11) is 0. The van der Waals surface area contributed by atoms with Crippen molar-refractivity contribution in [3.63, 3.8) is 0 Å². The van der Waals surface area contributed by atoms with Gasteiger partial charge in [0.15, 0.2) is 0 Å². The van der Waals surface area contributed by atoms with E-state index < -0.39 is 0 Å². The average molecular weight is 258 g/mol. The van der Waals surface area contributed by atoms with Gasteiger partial charge in [-0.3, -0.25) is 0 Å². The molecule has 4 N–H and O–H groups in total. The normalized spacial score (nSPS) is 10.4. The van der Waals surface area contributed by atoms with Crippen LogP contribution in [0.1, 0.15) is 17.5 Å². The first-order chi connectivity index (χ1) is 9.28. The highest BCUT2D eigenvalue weighted by Gasteiger charge is 2.00. The number of benzene rings is 1. The molecule has 5 nitrogen and oxygen atoms in total. The molecule has 19 heavy (non-hydrogen) atoms. The quantitative estimate of drug-likeness (QED) is 0.684. The van der Waals surface area contributed by atoms with Gasteiger partial charge < -0.3 is 16.2 Å². The van der Waals surface area contributed by atoms with Gasteiger partial charge in [0, 0.05) is 25.4 Å². The van der Waals surface area contributed by atoms with E-state index in [-0.39, 0.29) is 5.75 Å². The Bertz CT molecular complexity index is 513. The van der Waals surface area contributed by atoms with E-state index in [0.717, 1.165) is 24.1 Å². The Balaban J connectivity index is 1.95. The van der Waals surface area contributed by atoms with Crippen molar-refractivity contribution in [1.29, 1.82) is 0 Å². The number of aromatic nitrogens is 2. The first-order valence-corrected chi connectivity index (χ1v) is 6.30. The topological polar surface area (TPSA) is 84.1 Å². The largest absolute Gasteiger partial charge is 0.508 e. The molecule has 100 valence electrons. The van der Waals surface area contributed by atoms with Gasteiger partial charge in [-0.15, -0.1) is 0 Å². The molecule has 0 atom stereocenters. The van der Waals surface area contributed by atoms with E-state index >= 15 is 0 Å². The molecule has 0 unspecified atom stereocenters. The lowest BCUT2D eigenvalue weighted by atomic mass is 10.1. The molecule has 0 saturated carbocycles. The lowest BCUT2D eigenvalue weighted by Gasteiger charge is -2.05. The molecule has 1 aromatic heterocycles. The zero-order chi connectivity index (χ0) is 13.5. The molecule has 0 aliphatic carbocycles. The summed E-state index contributed by atoms with van der Waals surface area (Å²) in [6.45, 7) is 1.44. The molecule has 2 aromatic rings. The molecule has 2 rings (SSSR count). The Hall–Kier alpha value is -2.14. The number of rotatable bonds is 6. The lowest BCUT2D eigenvalue weighted by molar-refractivity contribution is 0.474. The number of nitrogens with one attached hydrogen (secondary N) is 1. The van der Waals surface area contributed by atoms with Gasteiger partial charge in [-0.1, -0.05) is 12.1 Å². The summed E-state index contributed by atoms with van der Waals surface area (Å²) in [4.78, 5) is 8.49. The molecule has 0 spiro atoms. The summed E-state index contributed by atoms with van der Waals surface area (Å²) in [5.74, 6) is 0.895. The van der Waals surface area contributed by atoms with E-state index in [0.29, 0.717) is 18.9 Å². The number of aromatic hydroxyl groups is 1. The zero-order valence-electron chi connectivity index (χ0n) is 10.7. The number of nitrogens with two attached hydrogens (primary N) is 1. The number of nitrogens with zero attached hydrogens (tertiary/aromatic N) is 2. The van der Waals surface area contributed by atoms with Crippen molar-refractivity contribution >= 4 is 5.95 Å². The maximum atomic E-state index is 9.40. The van der Waals surface area contributed by atoms with Gasteiger partial charge in [-0.05, 0) is 36.2 Å². The molecule has 0 aliphatic heterocycles. The predicted molar refractivity (Wildman–Crippen MR) is 75.1 cm³/mol. The van der Waals surface area contributed by atoms with Crippen LogP contribution in [0, 0.1) is 0 Å². The van der Waals surface area contributed by atoms with Crippen molar-refractivity contribution in [2.24, 2.45) is 5.73 Å². The summed E-state index contributed by atoms with van der Waals surface area (Å²) in [6.07, 6.45) is 5.19. The van der Waals surface area contributed by atoms with Crippen LogP contribution in [0.15, 0.2) is 36.7 Å². The van der Waals surface area contributed by atoms with Gasteiger partial charge in [0.2, 0.25) is 5.95 Å². The zero-order valence-corrected chi connectivity index (χ0v) is 10.7. The van der Waals surface area contributed by atoms with Gasteiger partial charge in [-0.2, -0.15) is 0 Å². The summed E-state index contributed by atoms with van der Waals surface area (Å²) < 4.78 is 0. The fourth-order valence-corrected chi connectivity index (χ4v) is 1.74. The molecular weight excluding hydrogens is 240 g/mol. The van der Waals surface area contributed by atoms with Crippen LogP contribution in [0.25, 0.3) is 0 Å². The van der Waals surface area contributed by atoms with Crippen molar-refractivity contribution in [2.75, 3.05) is 18.4 Å². The smallest absolute Gasteiger partial charge is 0.222 e. The van der Waals surface area contributed by atoms with Gasteiger partial charge in [0.25, 0.3) is 0 Å². The Morgan fingerprint density at radius 3 is 2.63 bits per heavy atom. The number of anilines is 1. The molecule has 0 aliphatic rings. The van der Waals surface area contributed by atoms with Crippen molar-refractivity contribution < 1.29 is 5.11 Å². The molecule has 0 saturated heterocycles. The molecule has 0 amide bonds. The molecule has 5 heteroatoms. The van der Waals surface area contributed by atoms with Crippen LogP contribution in [0.3, 0.4) is 0 Å². The van der Waals surface area contributed by atoms with Gasteiger partial charge >= 0.3 is 0 Å². The number of hydrogen-bond donors (Lipinski definition) is 3. The highest BCUT2D eigenvalue weighted by Crippen LogP contribution is 2.14. The van der Waals surface area contributed by atoms with E-state index in [9.17, 15) is 5.11 Å². The fourth-order valence-electron chi connectivity index (χ4n) is 1.74. The predicted octanol–water partition coefficient (Wildman–Crippen LogP) is 1.53. The first kappa shape index (κ1) is 13.3. The second kappa shape index (κ2) is 6.70. The summed E-state index contributed by atoms with van der Waals surface area (Å²) in [5.41, 5.74) is 7.46. The second-order valence-electron chi connectivity index (χ2n) is 4.33. The molecule has 0 bridgehead atoms. The van der Waals surface area contributed by atoms with Crippen LogP contribution in [-0.2, 0) is 6.42 Å². The van der Waals surface area contributed by atoms with Crippen LogP contribution >= 0.6 is 0 Å². The van der Waals surface area contributed by atoms with Crippen LogP contribution < -0.4 is 11.1 Å². The van der Waals surface area contributed by atoms with Crippen LogP contribution in [0.2, 0.25) is 0 Å². The third-order valence-electron chi connectivity index (χ3n) is 2.69. The molecule has 0 radical (unpaired) electrons. The van der Waals surface area contributed by atoms with Crippen molar-refractivity contribution in [3.05, 3.63) is 47.8 Å². The third kappa shape index (κ3) is 4.22. The van der Waals surface area contributed by atoms with Gasteiger partial charge in [-0.25, -0.2) is 9.97 Å². The lowest BCUT2D eigenvalue weighted by Crippen LogP contribution is -2.10. The summed E-state index contributed by atoms with van der Waals surface area (Å²) in [5, 5.41) is 12.5. The summed E-state index contributed by atoms with van der Waals surface area (Å²) >= 11 is 0. The molecule has 0 fully saturated rings. The SMILES string of the molecule is NCCCNc1ncc(Cc2cccc(O)c2)cn1. The Morgan fingerprint density at radius 1 is 1.16 bits per heavy atom. The maximum Gasteiger partial charge on any atom is 0.222 e. The maximum absolute atomic E-state index is 9.40. The highest BCUT2D eigenvalue weighted by molar-refractivity contribution is 5.32. The third-order valence-corrected chi connectivity index (χ3v) is 2.69. The fraction of sp³-hybridized carbons (Fsp3) is 0.286. The first-order valence-electron chi connectivity index (χ1n) is 6.30. The minimum atomic E-state index is 0.276. The van der Waals surface area contributed by atoms with Crippen molar-refractivity contribution in [1.82, 2.24) is 9.97 Å². The van der Waals surface area contributed by atoms with E-state index in [1.165, 1.54) is 0 Å². The molecule has 1 heterocycles. The van der Waals surface area contributed by atoms with Crippen molar-refractivity contribution in [3.8, 4) is 5.75 Å². The van der Waals surface area contributed by atoms with Gasteiger partial charge in [0.05, 0.1) is 0 Å². The second-order valence-corrected chi connectivity index (χ2v) is 4.33. The molecule has 1 aromatic carbocycles. The van der Waals surface area contributed by atoms with Crippen LogP contribution in [0.4, 0.5) is 5.95 Å². The monoisotopic (exact) mass is 258 g/mol.